The molecule has 0 atom stereocenters. The van der Waals surface area contributed by atoms with E-state index in [0.717, 1.165) is 0 Å². The van der Waals surface area contributed by atoms with Crippen LogP contribution in [-0.4, -0.2) is 15.1 Å². The highest BCUT2D eigenvalue weighted by Gasteiger charge is 2.24. The molecule has 2 N–H and O–H groups in total. The van der Waals surface area contributed by atoms with Gasteiger partial charge in [-0.15, -0.1) is 0 Å². The number of fused-ring (bicyclic) bond motifs is 1. The summed E-state index contributed by atoms with van der Waals surface area (Å²) in [7, 11) is 0. The summed E-state index contributed by atoms with van der Waals surface area (Å²) in [6.45, 7) is 0. The first-order valence-electron chi connectivity index (χ1n) is 3.75. The zero-order valence-corrected chi connectivity index (χ0v) is 7.01. The SMILES string of the molecule is O=c1[nH][nH]c2c([N+](=O)[O-])c(F)cc(F)c12. The lowest BCUT2D eigenvalue weighted by atomic mass is 10.2. The predicted octanol–water partition coefficient (Wildman–Crippen LogP) is 1.04. The molecular formula is C7H3F2N3O3. The molecular weight excluding hydrogens is 212 g/mol. The molecule has 15 heavy (non-hydrogen) atoms. The summed E-state index contributed by atoms with van der Waals surface area (Å²) in [5.74, 6) is -2.48. The Kier molecular flexibility index (Phi) is 1.78. The van der Waals surface area contributed by atoms with E-state index in [4.69, 9.17) is 0 Å². The number of nitro groups is 1. The average molecular weight is 215 g/mol. The highest BCUT2D eigenvalue weighted by molar-refractivity contribution is 5.87. The molecule has 0 saturated heterocycles. The minimum atomic E-state index is -1.33. The molecule has 0 bridgehead atoms. The predicted molar refractivity (Wildman–Crippen MR) is 45.5 cm³/mol. The van der Waals surface area contributed by atoms with Crippen LogP contribution in [0.15, 0.2) is 10.9 Å². The molecule has 0 radical (unpaired) electrons. The van der Waals surface area contributed by atoms with Gasteiger partial charge in [-0.05, 0) is 0 Å². The second-order valence-electron chi connectivity index (χ2n) is 2.78. The fraction of sp³-hybridized carbons (Fsp3) is 0. The summed E-state index contributed by atoms with van der Waals surface area (Å²) in [5, 5.41) is 13.9. The van der Waals surface area contributed by atoms with Gasteiger partial charge in [0.05, 0.1) is 4.92 Å². The monoisotopic (exact) mass is 215 g/mol. The number of hydrogen-bond acceptors (Lipinski definition) is 3. The van der Waals surface area contributed by atoms with E-state index in [2.05, 4.69) is 5.10 Å². The number of halogens is 2. The Morgan fingerprint density at radius 3 is 2.53 bits per heavy atom. The van der Waals surface area contributed by atoms with E-state index in [9.17, 15) is 23.7 Å². The van der Waals surface area contributed by atoms with E-state index >= 15 is 0 Å². The normalized spacial score (nSPS) is 10.8. The second-order valence-corrected chi connectivity index (χ2v) is 2.78. The van der Waals surface area contributed by atoms with Gasteiger partial charge in [-0.3, -0.25) is 25.1 Å². The molecule has 6 nitrogen and oxygen atoms in total. The Bertz CT molecular complexity index is 616. The van der Waals surface area contributed by atoms with Gasteiger partial charge >= 0.3 is 5.69 Å². The zero-order chi connectivity index (χ0) is 11.2. The van der Waals surface area contributed by atoms with Crippen LogP contribution in [0.4, 0.5) is 14.5 Å². The van der Waals surface area contributed by atoms with Gasteiger partial charge in [0, 0.05) is 6.07 Å². The summed E-state index contributed by atoms with van der Waals surface area (Å²) in [6, 6.07) is 0.309. The van der Waals surface area contributed by atoms with Crippen molar-refractivity contribution in [2.24, 2.45) is 0 Å². The summed E-state index contributed by atoms with van der Waals surface area (Å²) in [6.07, 6.45) is 0. The van der Waals surface area contributed by atoms with E-state index in [0.29, 0.717) is 6.07 Å². The van der Waals surface area contributed by atoms with Crippen LogP contribution in [0, 0.1) is 21.7 Å². The molecule has 8 heteroatoms. The quantitative estimate of drug-likeness (QED) is 0.549. The van der Waals surface area contributed by atoms with Crippen molar-refractivity contribution in [2.75, 3.05) is 0 Å². The standard InChI is InChI=1S/C7H3F2N3O3/c8-2-1-3(9)6(12(14)15)5-4(2)7(13)11-10-5/h1H,(H2,10,11,13). The Morgan fingerprint density at radius 1 is 1.27 bits per heavy atom. The molecule has 0 aliphatic heterocycles. The Morgan fingerprint density at radius 2 is 1.93 bits per heavy atom. The number of nitro benzene ring substituents is 1. The third-order valence-electron chi connectivity index (χ3n) is 1.92. The number of H-pyrrole nitrogens is 2. The number of nitrogens with one attached hydrogen (secondary N) is 2. The van der Waals surface area contributed by atoms with Gasteiger partial charge in [0.2, 0.25) is 5.82 Å². The van der Waals surface area contributed by atoms with Crippen LogP contribution in [-0.2, 0) is 0 Å². The van der Waals surface area contributed by atoms with Crippen LogP contribution in [0.1, 0.15) is 0 Å². The molecule has 0 fully saturated rings. The summed E-state index contributed by atoms with van der Waals surface area (Å²) in [4.78, 5) is 20.5. The molecule has 2 rings (SSSR count). The average Bonchev–Trinajstić information content (AvgIpc) is 2.47. The van der Waals surface area contributed by atoms with Crippen LogP contribution in [0.2, 0.25) is 0 Å². The summed E-state index contributed by atoms with van der Waals surface area (Å²) < 4.78 is 26.1. The van der Waals surface area contributed by atoms with Crippen molar-refractivity contribution in [3.8, 4) is 0 Å². The summed E-state index contributed by atoms with van der Waals surface area (Å²) in [5.41, 5.74) is -2.31. The number of hydrogen-bond donors (Lipinski definition) is 2. The van der Waals surface area contributed by atoms with Crippen molar-refractivity contribution in [1.82, 2.24) is 10.2 Å². The highest BCUT2D eigenvalue weighted by atomic mass is 19.1. The first-order chi connectivity index (χ1) is 7.02. The molecule has 78 valence electrons. The maximum atomic E-state index is 13.1. The Hall–Kier alpha value is -2.25. The highest BCUT2D eigenvalue weighted by Crippen LogP contribution is 2.26. The van der Waals surface area contributed by atoms with Crippen LogP contribution in [0.3, 0.4) is 0 Å². The lowest BCUT2D eigenvalue weighted by Gasteiger charge is -1.95. The number of benzene rings is 1. The second kappa shape index (κ2) is 2.87. The first-order valence-corrected chi connectivity index (χ1v) is 3.75. The maximum absolute atomic E-state index is 13.1. The summed E-state index contributed by atoms with van der Waals surface area (Å²) >= 11 is 0. The van der Waals surface area contributed by atoms with E-state index in [1.54, 1.807) is 0 Å². The van der Waals surface area contributed by atoms with Crippen molar-refractivity contribution >= 4 is 16.6 Å². The van der Waals surface area contributed by atoms with Crippen molar-refractivity contribution in [2.45, 2.75) is 0 Å². The zero-order valence-electron chi connectivity index (χ0n) is 7.01. The van der Waals surface area contributed by atoms with Crippen molar-refractivity contribution in [3.63, 3.8) is 0 Å². The molecule has 1 aromatic heterocycles. The first kappa shape index (κ1) is 9.31. The number of rotatable bonds is 1. The van der Waals surface area contributed by atoms with Crippen LogP contribution in [0.25, 0.3) is 10.9 Å². The Balaban J connectivity index is 3.04. The lowest BCUT2D eigenvalue weighted by molar-refractivity contribution is -0.385. The molecule has 0 unspecified atom stereocenters. The maximum Gasteiger partial charge on any atom is 0.330 e. The third-order valence-corrected chi connectivity index (χ3v) is 1.92. The Labute approximate surface area is 79.7 Å². The minimum absolute atomic E-state index is 0.309. The largest absolute Gasteiger partial charge is 0.330 e. The van der Waals surface area contributed by atoms with Gasteiger partial charge in [-0.2, -0.15) is 4.39 Å². The lowest BCUT2D eigenvalue weighted by Crippen LogP contribution is -2.01. The number of aromatic nitrogens is 2. The number of nitrogens with zero attached hydrogens (tertiary/aromatic N) is 1. The van der Waals surface area contributed by atoms with Gasteiger partial charge in [-0.25, -0.2) is 4.39 Å². The van der Waals surface area contributed by atoms with Gasteiger partial charge < -0.3 is 0 Å². The van der Waals surface area contributed by atoms with Crippen LogP contribution in [0.5, 0.6) is 0 Å². The van der Waals surface area contributed by atoms with E-state index in [-0.39, 0.29) is 0 Å². The van der Waals surface area contributed by atoms with Crippen molar-refractivity contribution < 1.29 is 13.7 Å². The van der Waals surface area contributed by atoms with Gasteiger partial charge in [0.25, 0.3) is 5.56 Å². The minimum Gasteiger partial charge on any atom is -0.291 e. The molecule has 0 aliphatic rings. The van der Waals surface area contributed by atoms with Crippen LogP contribution < -0.4 is 5.56 Å². The molecule has 0 spiro atoms. The van der Waals surface area contributed by atoms with Crippen molar-refractivity contribution in [3.05, 3.63) is 38.2 Å². The van der Waals surface area contributed by atoms with Crippen molar-refractivity contribution in [1.29, 1.82) is 0 Å². The van der Waals surface area contributed by atoms with Crippen LogP contribution >= 0.6 is 0 Å². The van der Waals surface area contributed by atoms with Gasteiger partial charge in [0.15, 0.2) is 5.52 Å². The van der Waals surface area contributed by atoms with E-state index in [1.807, 2.05) is 5.10 Å². The number of aromatic amines is 2. The molecule has 1 heterocycles. The molecule has 0 saturated carbocycles. The smallest absolute Gasteiger partial charge is 0.291 e. The molecule has 0 amide bonds. The van der Waals surface area contributed by atoms with Gasteiger partial charge in [-0.1, -0.05) is 0 Å². The van der Waals surface area contributed by atoms with E-state index < -0.39 is 38.7 Å². The molecule has 0 aliphatic carbocycles. The fourth-order valence-electron chi connectivity index (χ4n) is 1.31. The molecule has 1 aromatic carbocycles. The van der Waals surface area contributed by atoms with Gasteiger partial charge in [0.1, 0.15) is 11.2 Å². The molecule has 2 aromatic rings. The van der Waals surface area contributed by atoms with E-state index in [1.165, 1.54) is 0 Å². The topological polar surface area (TPSA) is 91.8 Å². The third kappa shape index (κ3) is 1.18. The fourth-order valence-corrected chi connectivity index (χ4v) is 1.31.